The van der Waals surface area contributed by atoms with Crippen molar-refractivity contribution >= 4 is 5.84 Å². The fourth-order valence-electron chi connectivity index (χ4n) is 2.80. The predicted octanol–water partition coefficient (Wildman–Crippen LogP) is 1.21. The first-order chi connectivity index (χ1) is 10.0. The molecule has 0 saturated carbocycles. The number of nitrogens with two attached hydrogens (primary N) is 3. The van der Waals surface area contributed by atoms with Crippen LogP contribution in [0, 0.1) is 11.3 Å². The quantitative estimate of drug-likeness (QED) is 0.354. The average Bonchev–Trinajstić information content (AvgIpc) is 2.90. The second kappa shape index (κ2) is 5.35. The van der Waals surface area contributed by atoms with Crippen LogP contribution < -0.4 is 17.2 Å². The summed E-state index contributed by atoms with van der Waals surface area (Å²) in [5, 5.41) is 7.45. The van der Waals surface area contributed by atoms with Gasteiger partial charge in [-0.3, -0.25) is 5.41 Å². The molecular formula is C16H20N4O. The Hall–Kier alpha value is -2.11. The van der Waals surface area contributed by atoms with Crippen molar-refractivity contribution in [2.75, 3.05) is 0 Å². The molecule has 0 bridgehead atoms. The smallest absolute Gasteiger partial charge is 0.127 e. The van der Waals surface area contributed by atoms with Crippen molar-refractivity contribution in [3.8, 4) is 0 Å². The Morgan fingerprint density at radius 1 is 1.24 bits per heavy atom. The SMILES string of the molecule is N=C(N)C1=CC=C(C2=CC3C=C(C(N)N)C=CC3O2)CC1. The molecule has 0 saturated heterocycles. The highest BCUT2D eigenvalue weighted by Crippen LogP contribution is 2.36. The highest BCUT2D eigenvalue weighted by Gasteiger charge is 2.30. The number of nitrogens with one attached hydrogen (secondary N) is 1. The van der Waals surface area contributed by atoms with Gasteiger partial charge in [-0.15, -0.1) is 0 Å². The van der Waals surface area contributed by atoms with E-state index in [2.05, 4.69) is 12.2 Å². The zero-order valence-corrected chi connectivity index (χ0v) is 11.8. The highest BCUT2D eigenvalue weighted by atomic mass is 16.5. The Morgan fingerprint density at radius 3 is 2.67 bits per heavy atom. The van der Waals surface area contributed by atoms with Crippen LogP contribution in [0.5, 0.6) is 0 Å². The Bertz CT molecular complexity index is 622. The Balaban J connectivity index is 1.79. The number of hydrogen-bond donors (Lipinski definition) is 4. The van der Waals surface area contributed by atoms with Crippen LogP contribution in [0.1, 0.15) is 12.8 Å². The highest BCUT2D eigenvalue weighted by molar-refractivity contribution is 5.95. The Morgan fingerprint density at radius 2 is 2.05 bits per heavy atom. The van der Waals surface area contributed by atoms with Crippen LogP contribution in [0.4, 0.5) is 0 Å². The molecular weight excluding hydrogens is 264 g/mol. The summed E-state index contributed by atoms with van der Waals surface area (Å²) in [7, 11) is 0. The number of amidine groups is 1. The Kier molecular flexibility index (Phi) is 3.53. The topological polar surface area (TPSA) is 111 Å². The second-order valence-corrected chi connectivity index (χ2v) is 5.54. The van der Waals surface area contributed by atoms with Crippen LogP contribution in [0.2, 0.25) is 0 Å². The maximum atomic E-state index is 7.45. The van der Waals surface area contributed by atoms with Crippen molar-refractivity contribution in [3.05, 3.63) is 58.9 Å². The van der Waals surface area contributed by atoms with Crippen molar-refractivity contribution in [1.29, 1.82) is 5.41 Å². The molecule has 1 aliphatic heterocycles. The summed E-state index contributed by atoms with van der Waals surface area (Å²) in [6, 6.07) is 0. The van der Waals surface area contributed by atoms with Crippen LogP contribution in [-0.4, -0.2) is 18.1 Å². The summed E-state index contributed by atoms with van der Waals surface area (Å²) in [5.74, 6) is 1.25. The van der Waals surface area contributed by atoms with Gasteiger partial charge in [-0.1, -0.05) is 24.3 Å². The number of allylic oxidation sites excluding steroid dienone is 3. The molecule has 0 radical (unpaired) electrons. The van der Waals surface area contributed by atoms with E-state index in [1.54, 1.807) is 0 Å². The third-order valence-electron chi connectivity index (χ3n) is 4.05. The third kappa shape index (κ3) is 2.70. The van der Waals surface area contributed by atoms with Crippen molar-refractivity contribution in [2.24, 2.45) is 23.1 Å². The summed E-state index contributed by atoms with van der Waals surface area (Å²) >= 11 is 0. The normalized spacial score (nSPS) is 27.4. The largest absolute Gasteiger partial charge is 0.485 e. The molecule has 0 aromatic carbocycles. The van der Waals surface area contributed by atoms with Gasteiger partial charge < -0.3 is 21.9 Å². The zero-order chi connectivity index (χ0) is 15.0. The van der Waals surface area contributed by atoms with Gasteiger partial charge in [0, 0.05) is 5.92 Å². The lowest BCUT2D eigenvalue weighted by molar-refractivity contribution is 0.168. The molecule has 2 aliphatic carbocycles. The van der Waals surface area contributed by atoms with Gasteiger partial charge in [0.05, 0.1) is 6.17 Å². The van der Waals surface area contributed by atoms with Crippen LogP contribution in [0.3, 0.4) is 0 Å². The summed E-state index contributed by atoms with van der Waals surface area (Å²) < 4.78 is 5.99. The van der Waals surface area contributed by atoms with E-state index in [4.69, 9.17) is 27.3 Å². The van der Waals surface area contributed by atoms with E-state index in [1.165, 1.54) is 0 Å². The molecule has 5 nitrogen and oxygen atoms in total. The van der Waals surface area contributed by atoms with Gasteiger partial charge in [-0.05, 0) is 41.7 Å². The van der Waals surface area contributed by atoms with E-state index >= 15 is 0 Å². The third-order valence-corrected chi connectivity index (χ3v) is 4.05. The second-order valence-electron chi connectivity index (χ2n) is 5.54. The van der Waals surface area contributed by atoms with Gasteiger partial charge in [0.2, 0.25) is 0 Å². The zero-order valence-electron chi connectivity index (χ0n) is 11.8. The molecule has 1 heterocycles. The first-order valence-electron chi connectivity index (χ1n) is 7.08. The molecule has 110 valence electrons. The first-order valence-corrected chi connectivity index (χ1v) is 7.08. The molecule has 0 fully saturated rings. The number of rotatable bonds is 3. The van der Waals surface area contributed by atoms with Crippen LogP contribution in [0.15, 0.2) is 58.9 Å². The lowest BCUT2D eigenvalue weighted by Gasteiger charge is -2.21. The maximum absolute atomic E-state index is 7.45. The molecule has 0 aromatic heterocycles. The molecule has 2 unspecified atom stereocenters. The van der Waals surface area contributed by atoms with E-state index in [0.717, 1.165) is 35.3 Å². The van der Waals surface area contributed by atoms with E-state index < -0.39 is 6.17 Å². The minimum absolute atomic E-state index is 0.0292. The summed E-state index contributed by atoms with van der Waals surface area (Å²) in [6.07, 6.45) is 13.2. The van der Waals surface area contributed by atoms with Crippen LogP contribution in [0.25, 0.3) is 0 Å². The lowest BCUT2D eigenvalue weighted by atomic mass is 9.92. The number of hydrogen-bond acceptors (Lipinski definition) is 4. The fraction of sp³-hybridized carbons (Fsp3) is 0.312. The van der Waals surface area contributed by atoms with E-state index in [0.29, 0.717) is 0 Å². The first kappa shape index (κ1) is 13.9. The van der Waals surface area contributed by atoms with Crippen LogP contribution >= 0.6 is 0 Å². The van der Waals surface area contributed by atoms with Crippen molar-refractivity contribution < 1.29 is 4.74 Å². The van der Waals surface area contributed by atoms with E-state index in [-0.39, 0.29) is 17.9 Å². The molecule has 7 N–H and O–H groups in total. The van der Waals surface area contributed by atoms with E-state index in [9.17, 15) is 0 Å². The van der Waals surface area contributed by atoms with Gasteiger partial charge >= 0.3 is 0 Å². The molecule has 0 spiro atoms. The van der Waals surface area contributed by atoms with Crippen LogP contribution in [-0.2, 0) is 4.74 Å². The molecule has 0 amide bonds. The molecule has 5 heteroatoms. The van der Waals surface area contributed by atoms with Gasteiger partial charge in [0.25, 0.3) is 0 Å². The molecule has 2 atom stereocenters. The maximum Gasteiger partial charge on any atom is 0.127 e. The minimum atomic E-state index is -0.449. The molecule has 0 aromatic rings. The Labute approximate surface area is 124 Å². The van der Waals surface area contributed by atoms with Crippen molar-refractivity contribution in [1.82, 2.24) is 0 Å². The lowest BCUT2D eigenvalue weighted by Crippen LogP contribution is -2.33. The van der Waals surface area contributed by atoms with Crippen molar-refractivity contribution in [3.63, 3.8) is 0 Å². The monoisotopic (exact) mass is 284 g/mol. The standard InChI is InChI=1S/C16H20N4O/c17-15(18)10-3-1-9(2-4-10)14-8-12-7-11(16(19)20)5-6-13(12)21-14/h1,3,5-8,12-13,16H,2,4,19-20H2,(H3,17,18). The molecule has 3 aliphatic rings. The summed E-state index contributed by atoms with van der Waals surface area (Å²) in [6.45, 7) is 0. The number of ether oxygens (including phenoxy) is 1. The number of fused-ring (bicyclic) bond motifs is 1. The van der Waals surface area contributed by atoms with Gasteiger partial charge in [0.1, 0.15) is 17.7 Å². The summed E-state index contributed by atoms with van der Waals surface area (Å²) in [4.78, 5) is 0. The van der Waals surface area contributed by atoms with Gasteiger partial charge in [-0.25, -0.2) is 0 Å². The predicted molar refractivity (Wildman–Crippen MR) is 83.1 cm³/mol. The van der Waals surface area contributed by atoms with Crippen molar-refractivity contribution in [2.45, 2.75) is 25.1 Å². The fourth-order valence-corrected chi connectivity index (χ4v) is 2.80. The molecule has 3 rings (SSSR count). The minimum Gasteiger partial charge on any atom is -0.485 e. The van der Waals surface area contributed by atoms with Gasteiger partial charge in [0.15, 0.2) is 0 Å². The van der Waals surface area contributed by atoms with E-state index in [1.807, 2.05) is 24.3 Å². The average molecular weight is 284 g/mol. The van der Waals surface area contributed by atoms with Gasteiger partial charge in [-0.2, -0.15) is 0 Å². The molecule has 21 heavy (non-hydrogen) atoms. The summed E-state index contributed by atoms with van der Waals surface area (Å²) in [5.41, 5.74) is 19.9.